The number of rotatable bonds is 6. The number of sulfonamides is 1. The fraction of sp³-hybridized carbons (Fsp3) is 0.533. The number of aryl methyl sites for hydroxylation is 1. The Morgan fingerprint density at radius 3 is 2.52 bits per heavy atom. The average Bonchev–Trinajstić information content (AvgIpc) is 2.48. The highest BCUT2D eigenvalue weighted by Gasteiger charge is 2.34. The number of carboxylic acid groups (broad SMARTS) is 1. The summed E-state index contributed by atoms with van der Waals surface area (Å²) in [5, 5.41) is 18.2. The topological polar surface area (TPSA) is 113 Å². The number of carbonyl (C=O) groups is 1. The van der Waals surface area contributed by atoms with Gasteiger partial charge in [-0.05, 0) is 31.9 Å². The van der Waals surface area contributed by atoms with Crippen molar-refractivity contribution in [2.45, 2.75) is 49.3 Å². The Morgan fingerprint density at radius 1 is 1.30 bits per heavy atom. The van der Waals surface area contributed by atoms with Gasteiger partial charge in [0.05, 0.1) is 36.2 Å². The van der Waals surface area contributed by atoms with E-state index in [2.05, 4.69) is 4.72 Å². The lowest BCUT2D eigenvalue weighted by molar-refractivity contribution is -0.145. The van der Waals surface area contributed by atoms with E-state index in [9.17, 15) is 18.3 Å². The van der Waals surface area contributed by atoms with Crippen LogP contribution < -0.4 is 4.72 Å². The number of nitrogens with one attached hydrogen (secondary N) is 1. The summed E-state index contributed by atoms with van der Waals surface area (Å²) in [4.78, 5) is 10.9. The van der Waals surface area contributed by atoms with Gasteiger partial charge in [0.25, 0.3) is 0 Å². The van der Waals surface area contributed by atoms with Crippen molar-refractivity contribution in [1.29, 1.82) is 0 Å². The van der Waals surface area contributed by atoms with Gasteiger partial charge in [0, 0.05) is 0 Å². The van der Waals surface area contributed by atoms with E-state index in [1.165, 1.54) is 12.1 Å². The van der Waals surface area contributed by atoms with Crippen molar-refractivity contribution in [2.75, 3.05) is 6.61 Å². The quantitative estimate of drug-likeness (QED) is 0.699. The molecule has 2 rings (SSSR count). The number of aliphatic carboxylic acids is 1. The Hall–Kier alpha value is -1.48. The molecule has 0 amide bonds. The molecule has 1 aromatic carbocycles. The van der Waals surface area contributed by atoms with Gasteiger partial charge in [-0.3, -0.25) is 4.79 Å². The van der Waals surface area contributed by atoms with Crippen LogP contribution in [0.5, 0.6) is 0 Å². The summed E-state index contributed by atoms with van der Waals surface area (Å²) in [6, 6.07) is 5.86. The lowest BCUT2D eigenvalue weighted by Crippen LogP contribution is -2.51. The van der Waals surface area contributed by atoms with Crippen LogP contribution in [0.25, 0.3) is 0 Å². The van der Waals surface area contributed by atoms with E-state index in [-0.39, 0.29) is 17.9 Å². The van der Waals surface area contributed by atoms with Crippen LogP contribution >= 0.6 is 0 Å². The van der Waals surface area contributed by atoms with Crippen molar-refractivity contribution in [3.8, 4) is 0 Å². The molecule has 0 aromatic heterocycles. The number of aliphatic hydroxyl groups is 1. The summed E-state index contributed by atoms with van der Waals surface area (Å²) < 4.78 is 32.8. The fourth-order valence-corrected chi connectivity index (χ4v) is 3.89. The van der Waals surface area contributed by atoms with Crippen LogP contribution in [0.4, 0.5) is 0 Å². The summed E-state index contributed by atoms with van der Waals surface area (Å²) >= 11 is 0. The first-order valence-electron chi connectivity index (χ1n) is 7.39. The van der Waals surface area contributed by atoms with E-state index in [0.29, 0.717) is 12.8 Å². The molecule has 0 aliphatic carbocycles. The van der Waals surface area contributed by atoms with Crippen molar-refractivity contribution >= 4 is 16.0 Å². The second-order valence-corrected chi connectivity index (χ2v) is 7.41. The molecular weight excluding hydrogens is 322 g/mol. The van der Waals surface area contributed by atoms with Crippen LogP contribution in [0.15, 0.2) is 29.2 Å². The van der Waals surface area contributed by atoms with E-state index in [4.69, 9.17) is 9.84 Å². The Bertz CT molecular complexity index is 642. The van der Waals surface area contributed by atoms with E-state index >= 15 is 0 Å². The van der Waals surface area contributed by atoms with Gasteiger partial charge in [-0.2, -0.15) is 0 Å². The largest absolute Gasteiger partial charge is 0.481 e. The first kappa shape index (κ1) is 17.9. The maximum Gasteiger partial charge on any atom is 0.305 e. The third-order valence-corrected chi connectivity index (χ3v) is 5.34. The standard InChI is InChI=1S/C15H21NO6S/c1-10-2-5-12(6-3-10)23(20,21)16-13-7-4-11(8-15(18)19)22-14(13)9-17/h2-3,5-6,11,13-14,16-17H,4,7-9H2,1H3,(H,18,19)/t11-,13-,14-/m1/s1. The summed E-state index contributed by atoms with van der Waals surface area (Å²) in [5.41, 5.74) is 0.953. The summed E-state index contributed by atoms with van der Waals surface area (Å²) in [6.45, 7) is 1.49. The summed E-state index contributed by atoms with van der Waals surface area (Å²) in [7, 11) is -3.72. The van der Waals surface area contributed by atoms with Crippen LogP contribution in [-0.4, -0.2) is 49.5 Å². The number of hydrogen-bond acceptors (Lipinski definition) is 5. The molecule has 128 valence electrons. The minimum atomic E-state index is -3.72. The normalized spacial score (nSPS) is 25.2. The Balaban J connectivity index is 2.06. The van der Waals surface area contributed by atoms with Gasteiger partial charge in [-0.1, -0.05) is 17.7 Å². The molecule has 8 heteroatoms. The maximum absolute atomic E-state index is 12.4. The van der Waals surface area contributed by atoms with Gasteiger partial charge >= 0.3 is 5.97 Å². The van der Waals surface area contributed by atoms with E-state index in [0.717, 1.165) is 5.56 Å². The highest BCUT2D eigenvalue weighted by Crippen LogP contribution is 2.23. The molecule has 3 N–H and O–H groups in total. The molecule has 1 aromatic rings. The van der Waals surface area contributed by atoms with Crippen LogP contribution in [-0.2, 0) is 19.6 Å². The van der Waals surface area contributed by atoms with Gasteiger partial charge in [-0.25, -0.2) is 13.1 Å². The monoisotopic (exact) mass is 343 g/mol. The SMILES string of the molecule is Cc1ccc(S(=O)(=O)N[C@@H]2CC[C@H](CC(=O)O)O[C@@H]2CO)cc1. The molecule has 1 aliphatic rings. The first-order valence-corrected chi connectivity index (χ1v) is 8.87. The van der Waals surface area contributed by atoms with Gasteiger partial charge in [0.1, 0.15) is 0 Å². The van der Waals surface area contributed by atoms with E-state index in [1.807, 2.05) is 6.92 Å². The zero-order valence-corrected chi connectivity index (χ0v) is 13.6. The lowest BCUT2D eigenvalue weighted by Gasteiger charge is -2.35. The molecule has 0 saturated carbocycles. The third kappa shape index (κ3) is 4.74. The number of hydrogen-bond donors (Lipinski definition) is 3. The average molecular weight is 343 g/mol. The molecule has 0 bridgehead atoms. The molecule has 3 atom stereocenters. The Morgan fingerprint density at radius 2 is 1.96 bits per heavy atom. The molecule has 1 heterocycles. The van der Waals surface area contributed by atoms with Gasteiger partial charge < -0.3 is 14.9 Å². The van der Waals surface area contributed by atoms with Crippen molar-refractivity contribution < 1.29 is 28.2 Å². The molecule has 0 unspecified atom stereocenters. The second-order valence-electron chi connectivity index (χ2n) is 5.70. The van der Waals surface area contributed by atoms with Crippen molar-refractivity contribution in [3.05, 3.63) is 29.8 Å². The molecule has 1 saturated heterocycles. The Labute approximate surface area is 135 Å². The predicted octanol–water partition coefficient (Wildman–Crippen LogP) is 0.657. The first-order chi connectivity index (χ1) is 10.8. The fourth-order valence-electron chi connectivity index (χ4n) is 2.60. The third-order valence-electron chi connectivity index (χ3n) is 3.84. The highest BCUT2D eigenvalue weighted by molar-refractivity contribution is 7.89. The molecule has 7 nitrogen and oxygen atoms in total. The van der Waals surface area contributed by atoms with Crippen LogP contribution in [0.3, 0.4) is 0 Å². The summed E-state index contributed by atoms with van der Waals surface area (Å²) in [6.07, 6.45) is -0.593. The van der Waals surface area contributed by atoms with Crippen molar-refractivity contribution in [2.24, 2.45) is 0 Å². The summed E-state index contributed by atoms with van der Waals surface area (Å²) in [5.74, 6) is -0.981. The van der Waals surface area contributed by atoms with Crippen LogP contribution in [0.1, 0.15) is 24.8 Å². The maximum atomic E-state index is 12.4. The molecule has 1 aliphatic heterocycles. The van der Waals surface area contributed by atoms with E-state index < -0.39 is 34.2 Å². The molecular formula is C15H21NO6S. The second kappa shape index (κ2) is 7.39. The zero-order valence-electron chi connectivity index (χ0n) is 12.8. The van der Waals surface area contributed by atoms with Crippen molar-refractivity contribution in [1.82, 2.24) is 4.72 Å². The van der Waals surface area contributed by atoms with Crippen LogP contribution in [0, 0.1) is 6.92 Å². The molecule has 0 radical (unpaired) electrons. The number of aliphatic hydroxyl groups excluding tert-OH is 1. The van der Waals surface area contributed by atoms with E-state index in [1.54, 1.807) is 12.1 Å². The van der Waals surface area contributed by atoms with Gasteiger partial charge in [-0.15, -0.1) is 0 Å². The highest BCUT2D eigenvalue weighted by atomic mass is 32.2. The number of carboxylic acids is 1. The van der Waals surface area contributed by atoms with Gasteiger partial charge in [0.15, 0.2) is 0 Å². The molecule has 23 heavy (non-hydrogen) atoms. The van der Waals surface area contributed by atoms with Crippen LogP contribution in [0.2, 0.25) is 0 Å². The number of ether oxygens (including phenoxy) is 1. The lowest BCUT2D eigenvalue weighted by atomic mass is 9.98. The van der Waals surface area contributed by atoms with Crippen molar-refractivity contribution in [3.63, 3.8) is 0 Å². The van der Waals surface area contributed by atoms with Gasteiger partial charge in [0.2, 0.25) is 10.0 Å². The minimum absolute atomic E-state index is 0.146. The minimum Gasteiger partial charge on any atom is -0.481 e. The molecule has 0 spiro atoms. The number of benzene rings is 1. The smallest absolute Gasteiger partial charge is 0.305 e. The zero-order chi connectivity index (χ0) is 17.0. The molecule has 1 fully saturated rings. The Kier molecular flexibility index (Phi) is 5.74. The predicted molar refractivity (Wildman–Crippen MR) is 82.5 cm³/mol.